The molecule has 1 aromatic carbocycles. The number of hydrogen-bond donors (Lipinski definition) is 1. The van der Waals surface area contributed by atoms with E-state index in [-0.39, 0.29) is 0 Å². The van der Waals surface area contributed by atoms with Crippen molar-refractivity contribution in [3.8, 4) is 5.75 Å². The van der Waals surface area contributed by atoms with Crippen molar-refractivity contribution in [2.45, 2.75) is 0 Å². The maximum Gasteiger partial charge on any atom is 0.529 e. The topological polar surface area (TPSA) is 70.8 Å². The average molecular weight is 217 g/mol. The minimum Gasteiger partial charge on any atom is -0.404 e. The third kappa shape index (κ3) is 2.73. The highest BCUT2D eigenvalue weighted by Gasteiger charge is 2.24. The Hall–Kier alpha value is -1.03. The van der Waals surface area contributed by atoms with Crippen LogP contribution in [0.4, 0.5) is 5.69 Å². The molecule has 1 aromatic rings. The van der Waals surface area contributed by atoms with Crippen LogP contribution in [0.3, 0.4) is 0 Å². The Bertz CT molecular complexity index is 330. The van der Waals surface area contributed by atoms with E-state index in [1.165, 1.54) is 14.2 Å². The molecule has 0 radical (unpaired) electrons. The monoisotopic (exact) mass is 217 g/mol. The number of anilines is 1. The van der Waals surface area contributed by atoms with Crippen molar-refractivity contribution in [3.05, 3.63) is 24.3 Å². The Balaban J connectivity index is 2.78. The maximum atomic E-state index is 11.5. The smallest absolute Gasteiger partial charge is 0.404 e. The van der Waals surface area contributed by atoms with Gasteiger partial charge < -0.3 is 10.3 Å². The van der Waals surface area contributed by atoms with Crippen LogP contribution >= 0.6 is 7.82 Å². The van der Waals surface area contributed by atoms with E-state index in [4.69, 9.17) is 10.3 Å². The second-order valence-electron chi connectivity index (χ2n) is 2.47. The molecule has 0 fully saturated rings. The molecule has 6 heteroatoms. The van der Waals surface area contributed by atoms with Gasteiger partial charge in [0.2, 0.25) is 0 Å². The quantitative estimate of drug-likeness (QED) is 0.617. The molecule has 0 unspecified atom stereocenters. The van der Waals surface area contributed by atoms with Crippen molar-refractivity contribution in [1.82, 2.24) is 0 Å². The van der Waals surface area contributed by atoms with E-state index >= 15 is 0 Å². The van der Waals surface area contributed by atoms with Gasteiger partial charge in [-0.2, -0.15) is 0 Å². The van der Waals surface area contributed by atoms with Gasteiger partial charge in [0, 0.05) is 19.9 Å². The molecular weight excluding hydrogens is 205 g/mol. The number of phosphoric acid groups is 1. The fraction of sp³-hybridized carbons (Fsp3) is 0.250. The van der Waals surface area contributed by atoms with Crippen LogP contribution in [0.15, 0.2) is 24.3 Å². The molecule has 0 spiro atoms. The first-order valence-corrected chi connectivity index (χ1v) is 5.32. The molecular formula is C8H12NO4P. The lowest BCUT2D eigenvalue weighted by Gasteiger charge is -2.13. The summed E-state index contributed by atoms with van der Waals surface area (Å²) in [5.74, 6) is 0.381. The predicted molar refractivity (Wildman–Crippen MR) is 53.1 cm³/mol. The van der Waals surface area contributed by atoms with Crippen molar-refractivity contribution < 1.29 is 18.1 Å². The third-order valence-corrected chi connectivity index (χ3v) is 2.87. The van der Waals surface area contributed by atoms with Gasteiger partial charge in [0.15, 0.2) is 0 Å². The first kappa shape index (κ1) is 11.0. The van der Waals surface area contributed by atoms with E-state index in [0.29, 0.717) is 11.4 Å². The van der Waals surface area contributed by atoms with Gasteiger partial charge in [0.05, 0.1) is 0 Å². The molecule has 0 bridgehead atoms. The zero-order chi connectivity index (χ0) is 10.6. The second-order valence-corrected chi connectivity index (χ2v) is 4.28. The average Bonchev–Trinajstić information content (AvgIpc) is 2.21. The van der Waals surface area contributed by atoms with Gasteiger partial charge in [-0.1, -0.05) is 0 Å². The molecule has 0 heterocycles. The van der Waals surface area contributed by atoms with Gasteiger partial charge in [-0.15, -0.1) is 0 Å². The van der Waals surface area contributed by atoms with E-state index in [1.54, 1.807) is 24.3 Å². The molecule has 2 N–H and O–H groups in total. The van der Waals surface area contributed by atoms with Gasteiger partial charge >= 0.3 is 7.82 Å². The van der Waals surface area contributed by atoms with Crippen LogP contribution in [0.1, 0.15) is 0 Å². The molecule has 0 aliphatic heterocycles. The van der Waals surface area contributed by atoms with E-state index in [9.17, 15) is 4.57 Å². The fourth-order valence-corrected chi connectivity index (χ4v) is 1.48. The van der Waals surface area contributed by atoms with Crippen LogP contribution in [-0.4, -0.2) is 14.2 Å². The second kappa shape index (κ2) is 4.46. The normalized spacial score (nSPS) is 11.3. The van der Waals surface area contributed by atoms with E-state index in [1.807, 2.05) is 0 Å². The molecule has 0 amide bonds. The molecule has 78 valence electrons. The number of benzene rings is 1. The van der Waals surface area contributed by atoms with Crippen LogP contribution in [0, 0.1) is 0 Å². The summed E-state index contributed by atoms with van der Waals surface area (Å²) in [7, 11) is -0.956. The Kier molecular flexibility index (Phi) is 3.52. The van der Waals surface area contributed by atoms with E-state index in [0.717, 1.165) is 0 Å². The van der Waals surface area contributed by atoms with Gasteiger partial charge in [-0.05, 0) is 24.3 Å². The van der Waals surface area contributed by atoms with Gasteiger partial charge in [-0.25, -0.2) is 4.57 Å². The minimum atomic E-state index is -3.46. The van der Waals surface area contributed by atoms with Crippen LogP contribution in [-0.2, 0) is 13.6 Å². The van der Waals surface area contributed by atoms with Crippen LogP contribution in [0.5, 0.6) is 5.75 Å². The standard InChI is InChI=1S/C8H12NO4P/c1-11-14(10,12-2)13-8-5-3-7(9)4-6-8/h3-6H,9H2,1-2H3. The largest absolute Gasteiger partial charge is 0.529 e. The molecule has 0 aromatic heterocycles. The lowest BCUT2D eigenvalue weighted by molar-refractivity contribution is 0.211. The van der Waals surface area contributed by atoms with Crippen LogP contribution in [0.2, 0.25) is 0 Å². The van der Waals surface area contributed by atoms with Crippen molar-refractivity contribution in [2.75, 3.05) is 20.0 Å². The van der Waals surface area contributed by atoms with Crippen molar-refractivity contribution in [2.24, 2.45) is 0 Å². The van der Waals surface area contributed by atoms with E-state index in [2.05, 4.69) is 9.05 Å². The number of phosphoric ester groups is 1. The van der Waals surface area contributed by atoms with E-state index < -0.39 is 7.82 Å². The Morgan fingerprint density at radius 3 is 2.07 bits per heavy atom. The number of rotatable bonds is 4. The first-order valence-electron chi connectivity index (χ1n) is 3.86. The van der Waals surface area contributed by atoms with Gasteiger partial charge in [0.1, 0.15) is 5.75 Å². The highest BCUT2D eigenvalue weighted by Crippen LogP contribution is 2.47. The molecule has 0 saturated heterocycles. The molecule has 0 aliphatic rings. The predicted octanol–water partition coefficient (Wildman–Crippen LogP) is 2.05. The van der Waals surface area contributed by atoms with Gasteiger partial charge in [-0.3, -0.25) is 9.05 Å². The maximum absolute atomic E-state index is 11.5. The summed E-state index contributed by atoms with van der Waals surface area (Å²) in [4.78, 5) is 0. The molecule has 0 aliphatic carbocycles. The summed E-state index contributed by atoms with van der Waals surface area (Å²) < 4.78 is 25.7. The molecule has 0 atom stereocenters. The number of nitrogens with two attached hydrogens (primary N) is 1. The highest BCUT2D eigenvalue weighted by atomic mass is 31.2. The van der Waals surface area contributed by atoms with Gasteiger partial charge in [0.25, 0.3) is 0 Å². The van der Waals surface area contributed by atoms with Crippen molar-refractivity contribution in [1.29, 1.82) is 0 Å². The highest BCUT2D eigenvalue weighted by molar-refractivity contribution is 7.48. The fourth-order valence-electron chi connectivity index (χ4n) is 0.807. The molecule has 5 nitrogen and oxygen atoms in total. The zero-order valence-electron chi connectivity index (χ0n) is 7.97. The molecule has 14 heavy (non-hydrogen) atoms. The summed E-state index contributed by atoms with van der Waals surface area (Å²) in [6, 6.07) is 6.43. The summed E-state index contributed by atoms with van der Waals surface area (Å²) in [6.07, 6.45) is 0. The summed E-state index contributed by atoms with van der Waals surface area (Å²) in [6.45, 7) is 0. The van der Waals surface area contributed by atoms with Crippen LogP contribution in [0.25, 0.3) is 0 Å². The Morgan fingerprint density at radius 2 is 1.64 bits per heavy atom. The number of hydrogen-bond acceptors (Lipinski definition) is 5. The first-order chi connectivity index (χ1) is 6.59. The SMILES string of the molecule is COP(=O)(OC)Oc1ccc(N)cc1. The molecule has 0 saturated carbocycles. The summed E-state index contributed by atoms with van der Waals surface area (Å²) in [5.41, 5.74) is 6.07. The Labute approximate surface area is 82.4 Å². The van der Waals surface area contributed by atoms with Crippen LogP contribution < -0.4 is 10.3 Å². The summed E-state index contributed by atoms with van der Waals surface area (Å²) in [5, 5.41) is 0. The molecule has 1 rings (SSSR count). The summed E-state index contributed by atoms with van der Waals surface area (Å²) >= 11 is 0. The van der Waals surface area contributed by atoms with Crippen molar-refractivity contribution in [3.63, 3.8) is 0 Å². The lowest BCUT2D eigenvalue weighted by atomic mass is 10.3. The number of nitrogen functional groups attached to an aromatic ring is 1. The zero-order valence-corrected chi connectivity index (χ0v) is 8.86. The minimum absolute atomic E-state index is 0.381. The van der Waals surface area contributed by atoms with Crippen molar-refractivity contribution >= 4 is 13.5 Å². The Morgan fingerprint density at radius 1 is 1.14 bits per heavy atom. The third-order valence-electron chi connectivity index (χ3n) is 1.54. The lowest BCUT2D eigenvalue weighted by Crippen LogP contribution is -1.97.